The zero-order chi connectivity index (χ0) is 9.19. The van der Waals surface area contributed by atoms with Gasteiger partial charge in [-0.2, -0.15) is 23.5 Å². The summed E-state index contributed by atoms with van der Waals surface area (Å²) in [6.45, 7) is 4.56. The van der Waals surface area contributed by atoms with Crippen LogP contribution in [0.2, 0.25) is 0 Å². The maximum atomic E-state index is 3.43. The van der Waals surface area contributed by atoms with Crippen LogP contribution < -0.4 is 10.6 Å². The second kappa shape index (κ2) is 9.19. The first-order chi connectivity index (χ1) is 6.50. The summed E-state index contributed by atoms with van der Waals surface area (Å²) in [6.07, 6.45) is 1.37. The van der Waals surface area contributed by atoms with E-state index in [1.165, 1.54) is 42.5 Å². The molecule has 1 heterocycles. The first-order valence-corrected chi connectivity index (χ1v) is 7.38. The Labute approximate surface area is 90.0 Å². The second-order valence-corrected chi connectivity index (χ2v) is 5.53. The lowest BCUT2D eigenvalue weighted by molar-refractivity contribution is 0.645. The predicted molar refractivity (Wildman–Crippen MR) is 65.0 cm³/mol. The van der Waals surface area contributed by atoms with Crippen molar-refractivity contribution >= 4 is 23.5 Å². The molecule has 4 heteroatoms. The molecule has 1 fully saturated rings. The van der Waals surface area contributed by atoms with E-state index in [2.05, 4.69) is 34.2 Å². The molecule has 0 atom stereocenters. The smallest absolute Gasteiger partial charge is 0.00770 e. The van der Waals surface area contributed by atoms with Gasteiger partial charge in [-0.3, -0.25) is 0 Å². The number of nitrogens with one attached hydrogen (secondary N) is 2. The van der Waals surface area contributed by atoms with E-state index in [0.717, 1.165) is 13.1 Å². The molecule has 2 N–H and O–H groups in total. The molecule has 0 aromatic heterocycles. The van der Waals surface area contributed by atoms with Gasteiger partial charge in [-0.25, -0.2) is 0 Å². The zero-order valence-corrected chi connectivity index (χ0v) is 9.81. The lowest BCUT2D eigenvalue weighted by Gasteiger charge is -2.04. The summed E-state index contributed by atoms with van der Waals surface area (Å²) in [7, 11) is 0. The van der Waals surface area contributed by atoms with Gasteiger partial charge < -0.3 is 10.6 Å². The van der Waals surface area contributed by atoms with Crippen LogP contribution in [0.1, 0.15) is 6.42 Å². The van der Waals surface area contributed by atoms with Crippen molar-refractivity contribution in [3.8, 4) is 0 Å². The fraction of sp³-hybridized carbons (Fsp3) is 1.00. The molecule has 0 aromatic carbocycles. The SMILES string of the molecule is C1CSCCNCCNCCSC1. The van der Waals surface area contributed by atoms with E-state index in [4.69, 9.17) is 0 Å². The lowest BCUT2D eigenvalue weighted by Crippen LogP contribution is -2.29. The Bertz CT molecular complexity index is 63.7. The standard InChI is InChI=1S/C9H20N2S2/c1-6-12-8-4-10-2-3-11-5-9-13-7-1/h10-11H,1-9H2. The summed E-state index contributed by atoms with van der Waals surface area (Å²) in [5.41, 5.74) is 0. The number of thioether (sulfide) groups is 2. The molecule has 0 unspecified atom stereocenters. The minimum Gasteiger partial charge on any atom is -0.315 e. The second-order valence-electron chi connectivity index (χ2n) is 3.08. The summed E-state index contributed by atoms with van der Waals surface area (Å²) in [4.78, 5) is 0. The molecule has 1 aliphatic rings. The molecule has 0 aromatic rings. The van der Waals surface area contributed by atoms with E-state index in [9.17, 15) is 0 Å². The molecule has 0 radical (unpaired) electrons. The van der Waals surface area contributed by atoms with Crippen LogP contribution in [0.3, 0.4) is 0 Å². The molecule has 78 valence electrons. The third-order valence-corrected chi connectivity index (χ3v) is 4.04. The van der Waals surface area contributed by atoms with Gasteiger partial charge in [-0.1, -0.05) is 0 Å². The van der Waals surface area contributed by atoms with Crippen LogP contribution in [0.5, 0.6) is 0 Å². The van der Waals surface area contributed by atoms with Gasteiger partial charge in [-0.05, 0) is 17.9 Å². The molecule has 13 heavy (non-hydrogen) atoms. The fourth-order valence-electron chi connectivity index (χ4n) is 1.18. The number of hydrogen-bond donors (Lipinski definition) is 2. The monoisotopic (exact) mass is 220 g/mol. The Kier molecular flexibility index (Phi) is 8.26. The third-order valence-electron chi connectivity index (χ3n) is 1.90. The predicted octanol–water partition coefficient (Wildman–Crippen LogP) is 1.04. The van der Waals surface area contributed by atoms with Crippen LogP contribution in [0, 0.1) is 0 Å². The lowest BCUT2D eigenvalue weighted by atomic mass is 10.5. The van der Waals surface area contributed by atoms with Crippen molar-refractivity contribution in [2.45, 2.75) is 6.42 Å². The van der Waals surface area contributed by atoms with E-state index in [1.807, 2.05) is 0 Å². The van der Waals surface area contributed by atoms with Crippen LogP contribution in [0.4, 0.5) is 0 Å². The van der Waals surface area contributed by atoms with Crippen LogP contribution in [0.25, 0.3) is 0 Å². The van der Waals surface area contributed by atoms with Crippen LogP contribution in [0.15, 0.2) is 0 Å². The Morgan fingerprint density at radius 1 is 0.615 bits per heavy atom. The summed E-state index contributed by atoms with van der Waals surface area (Å²) < 4.78 is 0. The Hall–Kier alpha value is 0.620. The molecule has 0 aliphatic carbocycles. The van der Waals surface area contributed by atoms with Gasteiger partial charge in [-0.15, -0.1) is 0 Å². The maximum absolute atomic E-state index is 3.43. The number of rotatable bonds is 0. The van der Waals surface area contributed by atoms with E-state index in [-0.39, 0.29) is 0 Å². The average molecular weight is 220 g/mol. The van der Waals surface area contributed by atoms with E-state index in [0.29, 0.717) is 0 Å². The quantitative estimate of drug-likeness (QED) is 0.637. The van der Waals surface area contributed by atoms with Gasteiger partial charge in [0.2, 0.25) is 0 Å². The van der Waals surface area contributed by atoms with Crippen molar-refractivity contribution in [1.82, 2.24) is 10.6 Å². The van der Waals surface area contributed by atoms with Gasteiger partial charge in [0, 0.05) is 37.7 Å². The average Bonchev–Trinajstić information content (AvgIpc) is 2.18. The molecule has 1 aliphatic heterocycles. The highest BCUT2D eigenvalue weighted by Gasteiger charge is 1.94. The van der Waals surface area contributed by atoms with Gasteiger partial charge in [0.05, 0.1) is 0 Å². The van der Waals surface area contributed by atoms with Crippen LogP contribution in [-0.4, -0.2) is 49.2 Å². The Balaban J connectivity index is 2.01. The highest BCUT2D eigenvalue weighted by molar-refractivity contribution is 8.00. The fourth-order valence-corrected chi connectivity index (χ4v) is 3.05. The maximum Gasteiger partial charge on any atom is 0.00770 e. The van der Waals surface area contributed by atoms with Gasteiger partial charge in [0.1, 0.15) is 0 Å². The Morgan fingerprint density at radius 3 is 1.69 bits per heavy atom. The first kappa shape index (κ1) is 11.7. The summed E-state index contributed by atoms with van der Waals surface area (Å²) >= 11 is 4.16. The minimum absolute atomic E-state index is 1.12. The molecule has 1 rings (SSSR count). The molecule has 1 saturated heterocycles. The zero-order valence-electron chi connectivity index (χ0n) is 8.18. The molecule has 0 spiro atoms. The van der Waals surface area contributed by atoms with Gasteiger partial charge >= 0.3 is 0 Å². The number of hydrogen-bond acceptors (Lipinski definition) is 4. The van der Waals surface area contributed by atoms with Gasteiger partial charge in [0.25, 0.3) is 0 Å². The molecule has 2 nitrogen and oxygen atoms in total. The molecular weight excluding hydrogens is 200 g/mol. The molecule has 0 bridgehead atoms. The highest BCUT2D eigenvalue weighted by atomic mass is 32.2. The van der Waals surface area contributed by atoms with Crippen molar-refractivity contribution in [3.63, 3.8) is 0 Å². The van der Waals surface area contributed by atoms with E-state index in [1.54, 1.807) is 0 Å². The van der Waals surface area contributed by atoms with Gasteiger partial charge in [0.15, 0.2) is 0 Å². The molecular formula is C9H20N2S2. The van der Waals surface area contributed by atoms with Crippen LogP contribution in [-0.2, 0) is 0 Å². The van der Waals surface area contributed by atoms with Crippen molar-refractivity contribution < 1.29 is 0 Å². The van der Waals surface area contributed by atoms with E-state index < -0.39 is 0 Å². The third kappa shape index (κ3) is 7.67. The van der Waals surface area contributed by atoms with Crippen molar-refractivity contribution in [2.24, 2.45) is 0 Å². The minimum atomic E-state index is 1.12. The van der Waals surface area contributed by atoms with Crippen molar-refractivity contribution in [1.29, 1.82) is 0 Å². The van der Waals surface area contributed by atoms with Crippen molar-refractivity contribution in [3.05, 3.63) is 0 Å². The summed E-state index contributed by atoms with van der Waals surface area (Å²) in [6, 6.07) is 0. The topological polar surface area (TPSA) is 24.1 Å². The first-order valence-electron chi connectivity index (χ1n) is 5.07. The Morgan fingerprint density at radius 2 is 1.15 bits per heavy atom. The molecule has 0 amide bonds. The van der Waals surface area contributed by atoms with Crippen molar-refractivity contribution in [2.75, 3.05) is 49.2 Å². The van der Waals surface area contributed by atoms with E-state index >= 15 is 0 Å². The highest BCUT2D eigenvalue weighted by Crippen LogP contribution is 2.07. The normalized spacial score (nSPS) is 24.0. The summed E-state index contributed by atoms with van der Waals surface area (Å²) in [5.74, 6) is 5.21. The van der Waals surface area contributed by atoms with Crippen LogP contribution >= 0.6 is 23.5 Å². The largest absolute Gasteiger partial charge is 0.315 e. The molecule has 0 saturated carbocycles. The summed E-state index contributed by atoms with van der Waals surface area (Å²) in [5, 5.41) is 6.87.